The number of piperazine rings is 1. The maximum atomic E-state index is 13.6. The van der Waals surface area contributed by atoms with E-state index in [2.05, 4.69) is 39.9 Å². The van der Waals surface area contributed by atoms with Gasteiger partial charge in [-0.25, -0.2) is 0 Å². The number of ether oxygens (including phenoxy) is 2. The standard InChI is InChI=1S/C25H37N3O5Si/c1-17-23(29)28(20(9-8-13-26)24(30)27(17)5)19(12-14-33-34(6,7)25(2,3)4)18-10-11-21-22(15-18)32-16-31-21/h10-11,15,17,19-20H,8-9,12,14,16H2,1-7H3/t17-,19?,20+/m1/s1. The Hall–Kier alpha value is -2.57. The van der Waals surface area contributed by atoms with Crippen molar-refractivity contribution in [2.45, 2.75) is 83.2 Å². The first-order valence-corrected chi connectivity index (χ1v) is 14.8. The summed E-state index contributed by atoms with van der Waals surface area (Å²) >= 11 is 0. The van der Waals surface area contributed by atoms with E-state index in [0.29, 0.717) is 30.9 Å². The van der Waals surface area contributed by atoms with Gasteiger partial charge in [-0.2, -0.15) is 5.26 Å². The van der Waals surface area contributed by atoms with Crippen molar-refractivity contribution < 1.29 is 23.5 Å². The zero-order chi connectivity index (χ0) is 25.3. The summed E-state index contributed by atoms with van der Waals surface area (Å²) in [5.41, 5.74) is 0.864. The van der Waals surface area contributed by atoms with Gasteiger partial charge in [0.15, 0.2) is 19.8 Å². The molecule has 1 aromatic carbocycles. The Balaban J connectivity index is 1.98. The van der Waals surface area contributed by atoms with E-state index >= 15 is 0 Å². The lowest BCUT2D eigenvalue weighted by Crippen LogP contribution is -2.63. The second-order valence-corrected chi connectivity index (χ2v) is 15.4. The Labute approximate surface area is 203 Å². The molecule has 3 rings (SSSR count). The highest BCUT2D eigenvalue weighted by atomic mass is 28.4. The van der Waals surface area contributed by atoms with Gasteiger partial charge in [-0.3, -0.25) is 9.59 Å². The minimum absolute atomic E-state index is 0.0602. The third-order valence-corrected chi connectivity index (χ3v) is 12.0. The number of rotatable bonds is 8. The fraction of sp³-hybridized carbons (Fsp3) is 0.640. The van der Waals surface area contributed by atoms with Gasteiger partial charge in [0.25, 0.3) is 0 Å². The summed E-state index contributed by atoms with van der Waals surface area (Å²) in [5, 5.41) is 9.26. The van der Waals surface area contributed by atoms with Crippen molar-refractivity contribution in [1.82, 2.24) is 9.80 Å². The van der Waals surface area contributed by atoms with Crippen molar-refractivity contribution in [2.75, 3.05) is 20.4 Å². The van der Waals surface area contributed by atoms with Gasteiger partial charge in [-0.1, -0.05) is 26.8 Å². The van der Waals surface area contributed by atoms with Crippen molar-refractivity contribution in [1.29, 1.82) is 5.26 Å². The molecule has 0 spiro atoms. The first-order chi connectivity index (χ1) is 15.9. The van der Waals surface area contributed by atoms with Crippen molar-refractivity contribution in [3.63, 3.8) is 0 Å². The molecule has 1 aromatic rings. The summed E-state index contributed by atoms with van der Waals surface area (Å²) in [7, 11) is -0.348. The van der Waals surface area contributed by atoms with E-state index in [1.165, 1.54) is 4.90 Å². The Morgan fingerprint density at radius 1 is 1.21 bits per heavy atom. The van der Waals surface area contributed by atoms with Crippen molar-refractivity contribution in [2.24, 2.45) is 0 Å². The fourth-order valence-corrected chi connectivity index (χ4v) is 5.20. The van der Waals surface area contributed by atoms with Gasteiger partial charge in [0.05, 0.1) is 12.1 Å². The van der Waals surface area contributed by atoms with Gasteiger partial charge >= 0.3 is 0 Å². The first kappa shape index (κ1) is 26.0. The number of nitriles is 1. The molecule has 0 N–H and O–H groups in total. The number of hydrogen-bond acceptors (Lipinski definition) is 6. The molecule has 34 heavy (non-hydrogen) atoms. The molecule has 2 amide bonds. The molecule has 1 fully saturated rings. The molecule has 186 valence electrons. The molecule has 0 aromatic heterocycles. The molecule has 1 unspecified atom stereocenters. The van der Waals surface area contributed by atoms with E-state index in [-0.39, 0.29) is 30.1 Å². The van der Waals surface area contributed by atoms with Crippen molar-refractivity contribution in [3.05, 3.63) is 23.8 Å². The Bertz CT molecular complexity index is 968. The van der Waals surface area contributed by atoms with E-state index in [9.17, 15) is 14.9 Å². The van der Waals surface area contributed by atoms with Crippen LogP contribution in [-0.4, -0.2) is 62.5 Å². The van der Waals surface area contributed by atoms with Crippen LogP contribution in [0.4, 0.5) is 0 Å². The van der Waals surface area contributed by atoms with Crippen LogP contribution in [0.2, 0.25) is 18.1 Å². The minimum atomic E-state index is -2.00. The Kier molecular flexibility index (Phi) is 7.63. The third-order valence-electron chi connectivity index (χ3n) is 7.47. The highest BCUT2D eigenvalue weighted by Crippen LogP contribution is 2.40. The minimum Gasteiger partial charge on any atom is -0.454 e. The highest BCUT2D eigenvalue weighted by Gasteiger charge is 2.46. The molecule has 0 saturated carbocycles. The molecule has 2 aliphatic rings. The number of benzene rings is 1. The summed E-state index contributed by atoms with van der Waals surface area (Å²) in [6.45, 7) is 13.3. The second kappa shape index (κ2) is 9.96. The van der Waals surface area contributed by atoms with E-state index in [4.69, 9.17) is 13.9 Å². The van der Waals surface area contributed by atoms with E-state index in [0.717, 1.165) is 5.56 Å². The van der Waals surface area contributed by atoms with Crippen LogP contribution in [0, 0.1) is 11.3 Å². The number of nitrogens with zero attached hydrogens (tertiary/aromatic N) is 3. The molecule has 2 aliphatic heterocycles. The summed E-state index contributed by atoms with van der Waals surface area (Å²) < 4.78 is 17.5. The zero-order valence-corrected chi connectivity index (χ0v) is 22.4. The summed E-state index contributed by atoms with van der Waals surface area (Å²) in [6, 6.07) is 6.11. The molecule has 0 aliphatic carbocycles. The maximum absolute atomic E-state index is 13.6. The predicted octanol–water partition coefficient (Wildman–Crippen LogP) is 4.23. The number of carbonyl (C=O) groups is 2. The van der Waals surface area contributed by atoms with Gasteiger partial charge in [0.2, 0.25) is 18.6 Å². The van der Waals surface area contributed by atoms with Gasteiger partial charge in [-0.15, -0.1) is 0 Å². The van der Waals surface area contributed by atoms with Crippen LogP contribution >= 0.6 is 0 Å². The number of amides is 2. The van der Waals surface area contributed by atoms with Gasteiger partial charge < -0.3 is 23.7 Å². The number of hydrogen-bond donors (Lipinski definition) is 0. The Morgan fingerprint density at radius 2 is 1.88 bits per heavy atom. The summed E-state index contributed by atoms with van der Waals surface area (Å²) in [4.78, 5) is 30.0. The fourth-order valence-electron chi connectivity index (χ4n) is 4.14. The maximum Gasteiger partial charge on any atom is 0.246 e. The van der Waals surface area contributed by atoms with E-state index < -0.39 is 26.4 Å². The van der Waals surface area contributed by atoms with Gasteiger partial charge in [0, 0.05) is 20.1 Å². The molecule has 2 heterocycles. The summed E-state index contributed by atoms with van der Waals surface area (Å²) in [5.74, 6) is 1.02. The lowest BCUT2D eigenvalue weighted by molar-refractivity contribution is -0.163. The molecule has 8 nitrogen and oxygen atoms in total. The van der Waals surface area contributed by atoms with E-state index in [1.807, 2.05) is 18.2 Å². The molecular formula is C25H37N3O5Si. The van der Waals surface area contributed by atoms with Crippen LogP contribution in [-0.2, 0) is 14.0 Å². The lowest BCUT2D eigenvalue weighted by Gasteiger charge is -2.46. The van der Waals surface area contributed by atoms with Crippen LogP contribution in [0.5, 0.6) is 11.5 Å². The van der Waals surface area contributed by atoms with Crippen LogP contribution in [0.15, 0.2) is 18.2 Å². The third kappa shape index (κ3) is 5.08. The number of fused-ring (bicyclic) bond motifs is 1. The Morgan fingerprint density at radius 3 is 2.53 bits per heavy atom. The number of likely N-dealkylation sites (N-methyl/N-ethyl adjacent to an activating group) is 1. The molecule has 3 atom stereocenters. The summed E-state index contributed by atoms with van der Waals surface area (Å²) in [6.07, 6.45) is 1.02. The zero-order valence-electron chi connectivity index (χ0n) is 21.4. The van der Waals surface area contributed by atoms with Crippen molar-refractivity contribution >= 4 is 20.1 Å². The van der Waals surface area contributed by atoms with Gasteiger partial charge in [-0.05, 0) is 55.6 Å². The van der Waals surface area contributed by atoms with Crippen LogP contribution in [0.1, 0.15) is 58.6 Å². The number of carbonyl (C=O) groups excluding carboxylic acids is 2. The average Bonchev–Trinajstić information content (AvgIpc) is 3.24. The van der Waals surface area contributed by atoms with Crippen LogP contribution < -0.4 is 9.47 Å². The first-order valence-electron chi connectivity index (χ1n) is 11.9. The van der Waals surface area contributed by atoms with E-state index in [1.54, 1.807) is 18.9 Å². The van der Waals surface area contributed by atoms with Crippen LogP contribution in [0.25, 0.3) is 0 Å². The monoisotopic (exact) mass is 487 g/mol. The van der Waals surface area contributed by atoms with Crippen molar-refractivity contribution in [3.8, 4) is 17.6 Å². The SMILES string of the molecule is C[C@@H]1C(=O)N(C(CCO[Si](C)(C)C(C)(C)C)c2ccc3c(c2)OCO3)[C@@H](CCC#N)C(=O)N1C. The topological polar surface area (TPSA) is 92.1 Å². The average molecular weight is 488 g/mol. The largest absolute Gasteiger partial charge is 0.454 e. The van der Waals surface area contributed by atoms with Crippen LogP contribution in [0.3, 0.4) is 0 Å². The van der Waals surface area contributed by atoms with Gasteiger partial charge in [0.1, 0.15) is 12.1 Å². The molecule has 1 saturated heterocycles. The molecular weight excluding hydrogens is 450 g/mol. The normalized spacial score (nSPS) is 21.6. The predicted molar refractivity (Wildman–Crippen MR) is 131 cm³/mol. The lowest BCUT2D eigenvalue weighted by atomic mass is 9.94. The molecule has 0 radical (unpaired) electrons. The molecule has 9 heteroatoms. The quantitative estimate of drug-likeness (QED) is 0.510. The highest BCUT2D eigenvalue weighted by molar-refractivity contribution is 6.74. The second-order valence-electron chi connectivity index (χ2n) is 10.6. The smallest absolute Gasteiger partial charge is 0.246 e. The molecule has 0 bridgehead atoms.